The number of nitrogens with zero attached hydrogens (tertiary/aromatic N) is 3. The van der Waals surface area contributed by atoms with Crippen molar-refractivity contribution < 1.29 is 9.18 Å². The molecule has 0 aliphatic carbocycles. The zero-order valence-corrected chi connectivity index (χ0v) is 13.4. The van der Waals surface area contributed by atoms with Gasteiger partial charge in [-0.15, -0.1) is 0 Å². The molecule has 3 rings (SSSR count). The molecule has 0 fully saturated rings. The average Bonchev–Trinajstić information content (AvgIpc) is 2.98. The summed E-state index contributed by atoms with van der Waals surface area (Å²) in [7, 11) is 0. The van der Waals surface area contributed by atoms with Gasteiger partial charge in [0.2, 0.25) is 0 Å². The Labute approximate surface area is 139 Å². The minimum atomic E-state index is -0.291. The predicted octanol–water partition coefficient (Wildman–Crippen LogP) is 3.21. The summed E-state index contributed by atoms with van der Waals surface area (Å²) in [6.45, 7) is 3.81. The first-order valence-electron chi connectivity index (χ1n) is 7.57. The van der Waals surface area contributed by atoms with Crippen LogP contribution in [0.5, 0.6) is 0 Å². The minimum Gasteiger partial charge on any atom is -0.345 e. The van der Waals surface area contributed by atoms with Crippen molar-refractivity contribution in [2.45, 2.75) is 19.9 Å². The smallest absolute Gasteiger partial charge is 0.253 e. The molecule has 0 saturated carbocycles. The Morgan fingerprint density at radius 1 is 1.21 bits per heavy atom. The number of nitrogens with one attached hydrogen (secondary N) is 1. The van der Waals surface area contributed by atoms with E-state index in [1.807, 2.05) is 13.8 Å². The van der Waals surface area contributed by atoms with Crippen LogP contribution in [-0.2, 0) is 0 Å². The van der Waals surface area contributed by atoms with Gasteiger partial charge in [0.05, 0.1) is 23.5 Å². The Kier molecular flexibility index (Phi) is 4.37. The molecule has 24 heavy (non-hydrogen) atoms. The van der Waals surface area contributed by atoms with E-state index < -0.39 is 0 Å². The Balaban J connectivity index is 1.80. The van der Waals surface area contributed by atoms with Gasteiger partial charge < -0.3 is 5.32 Å². The van der Waals surface area contributed by atoms with E-state index in [4.69, 9.17) is 0 Å². The van der Waals surface area contributed by atoms with Gasteiger partial charge in [-0.05, 0) is 50.2 Å². The number of hydrogen-bond donors (Lipinski definition) is 1. The highest BCUT2D eigenvalue weighted by atomic mass is 19.1. The summed E-state index contributed by atoms with van der Waals surface area (Å²) in [5.41, 5.74) is 3.07. The molecule has 0 bridgehead atoms. The van der Waals surface area contributed by atoms with Gasteiger partial charge in [-0.25, -0.2) is 9.07 Å². The fourth-order valence-electron chi connectivity index (χ4n) is 2.54. The first-order chi connectivity index (χ1) is 11.6. The summed E-state index contributed by atoms with van der Waals surface area (Å²) < 4.78 is 14.8. The van der Waals surface area contributed by atoms with Crippen LogP contribution in [0.3, 0.4) is 0 Å². The standard InChI is InChI=1S/C18H17FN4O/c1-12(22-18(24)14-4-3-9-20-10-14)17-11-21-23(13(17)2)16-7-5-15(19)6-8-16/h3-12H,1-2H3,(H,22,24)/t12-/m0/s1. The van der Waals surface area contributed by atoms with Crippen molar-refractivity contribution in [2.75, 3.05) is 0 Å². The van der Waals surface area contributed by atoms with E-state index in [9.17, 15) is 9.18 Å². The average molecular weight is 324 g/mol. The molecular weight excluding hydrogens is 307 g/mol. The van der Waals surface area contributed by atoms with E-state index in [1.54, 1.807) is 41.3 Å². The van der Waals surface area contributed by atoms with Crippen molar-refractivity contribution in [1.82, 2.24) is 20.1 Å². The van der Waals surface area contributed by atoms with Crippen molar-refractivity contribution in [3.63, 3.8) is 0 Å². The van der Waals surface area contributed by atoms with Crippen LogP contribution in [-0.4, -0.2) is 20.7 Å². The molecule has 5 nitrogen and oxygen atoms in total. The van der Waals surface area contributed by atoms with Crippen molar-refractivity contribution in [2.24, 2.45) is 0 Å². The van der Waals surface area contributed by atoms with Crippen LogP contribution < -0.4 is 5.32 Å². The third kappa shape index (κ3) is 3.17. The highest BCUT2D eigenvalue weighted by Gasteiger charge is 2.17. The minimum absolute atomic E-state index is 0.190. The van der Waals surface area contributed by atoms with E-state index in [1.165, 1.54) is 18.3 Å². The van der Waals surface area contributed by atoms with Gasteiger partial charge in [-0.2, -0.15) is 5.10 Å². The maximum absolute atomic E-state index is 13.1. The maximum atomic E-state index is 13.1. The summed E-state index contributed by atoms with van der Waals surface area (Å²) in [4.78, 5) is 16.2. The van der Waals surface area contributed by atoms with Gasteiger partial charge in [0.25, 0.3) is 5.91 Å². The fraction of sp³-hybridized carbons (Fsp3) is 0.167. The maximum Gasteiger partial charge on any atom is 0.253 e. The second-order valence-corrected chi connectivity index (χ2v) is 5.51. The molecule has 122 valence electrons. The normalized spacial score (nSPS) is 12.0. The number of amides is 1. The van der Waals surface area contributed by atoms with Crippen LogP contribution >= 0.6 is 0 Å². The Bertz CT molecular complexity index is 843. The SMILES string of the molecule is Cc1c([C@H](C)NC(=O)c2cccnc2)cnn1-c1ccc(F)cc1. The molecule has 6 heteroatoms. The van der Waals surface area contributed by atoms with Gasteiger partial charge >= 0.3 is 0 Å². The summed E-state index contributed by atoms with van der Waals surface area (Å²) in [5.74, 6) is -0.481. The highest BCUT2D eigenvalue weighted by molar-refractivity contribution is 5.94. The lowest BCUT2D eigenvalue weighted by molar-refractivity contribution is 0.0939. The number of hydrogen-bond acceptors (Lipinski definition) is 3. The summed E-state index contributed by atoms with van der Waals surface area (Å²) >= 11 is 0. The molecule has 0 radical (unpaired) electrons. The van der Waals surface area contributed by atoms with E-state index in [2.05, 4.69) is 15.4 Å². The molecule has 0 aliphatic rings. The molecule has 3 aromatic rings. The Morgan fingerprint density at radius 3 is 2.62 bits per heavy atom. The largest absolute Gasteiger partial charge is 0.345 e. The van der Waals surface area contributed by atoms with Crippen molar-refractivity contribution in [1.29, 1.82) is 0 Å². The second-order valence-electron chi connectivity index (χ2n) is 5.51. The lowest BCUT2D eigenvalue weighted by atomic mass is 10.1. The number of carbonyl (C=O) groups excluding carboxylic acids is 1. The van der Waals surface area contributed by atoms with Crippen LogP contribution in [0.2, 0.25) is 0 Å². The third-order valence-electron chi connectivity index (χ3n) is 3.86. The monoisotopic (exact) mass is 324 g/mol. The number of halogens is 1. The third-order valence-corrected chi connectivity index (χ3v) is 3.86. The number of aromatic nitrogens is 3. The lowest BCUT2D eigenvalue weighted by Gasteiger charge is -2.14. The van der Waals surface area contributed by atoms with Crippen molar-refractivity contribution in [3.8, 4) is 5.69 Å². The number of benzene rings is 1. The van der Waals surface area contributed by atoms with Gasteiger partial charge in [0, 0.05) is 23.7 Å². The molecule has 1 N–H and O–H groups in total. The summed E-state index contributed by atoms with van der Waals surface area (Å²) in [5, 5.41) is 7.28. The van der Waals surface area contributed by atoms with Crippen LogP contribution in [0, 0.1) is 12.7 Å². The molecule has 0 saturated heterocycles. The zero-order valence-electron chi connectivity index (χ0n) is 13.4. The predicted molar refractivity (Wildman–Crippen MR) is 88.4 cm³/mol. The Hall–Kier alpha value is -3.02. The first kappa shape index (κ1) is 15.9. The topological polar surface area (TPSA) is 59.8 Å². The highest BCUT2D eigenvalue weighted by Crippen LogP contribution is 2.20. The molecule has 2 aromatic heterocycles. The first-order valence-corrected chi connectivity index (χ1v) is 7.57. The van der Waals surface area contributed by atoms with E-state index in [0.717, 1.165) is 16.9 Å². The van der Waals surface area contributed by atoms with Crippen LogP contribution in [0.25, 0.3) is 5.69 Å². The van der Waals surface area contributed by atoms with Crippen molar-refractivity contribution >= 4 is 5.91 Å². The van der Waals surface area contributed by atoms with E-state index in [0.29, 0.717) is 5.56 Å². The molecule has 0 spiro atoms. The molecule has 2 heterocycles. The van der Waals surface area contributed by atoms with Crippen LogP contribution in [0.1, 0.15) is 34.6 Å². The van der Waals surface area contributed by atoms with E-state index >= 15 is 0 Å². The van der Waals surface area contributed by atoms with Crippen LogP contribution in [0.4, 0.5) is 4.39 Å². The number of carbonyl (C=O) groups is 1. The second kappa shape index (κ2) is 6.62. The fourth-order valence-corrected chi connectivity index (χ4v) is 2.54. The van der Waals surface area contributed by atoms with Gasteiger partial charge in [-0.3, -0.25) is 9.78 Å². The van der Waals surface area contributed by atoms with Gasteiger partial charge in [-0.1, -0.05) is 0 Å². The van der Waals surface area contributed by atoms with Crippen LogP contribution in [0.15, 0.2) is 55.0 Å². The number of pyridine rings is 1. The molecule has 0 unspecified atom stereocenters. The Morgan fingerprint density at radius 2 is 1.96 bits per heavy atom. The van der Waals surface area contributed by atoms with Gasteiger partial charge in [0.15, 0.2) is 0 Å². The summed E-state index contributed by atoms with van der Waals surface area (Å²) in [6.07, 6.45) is 4.86. The lowest BCUT2D eigenvalue weighted by Crippen LogP contribution is -2.27. The molecule has 1 amide bonds. The van der Waals surface area contributed by atoms with Gasteiger partial charge in [0.1, 0.15) is 5.82 Å². The molecule has 1 aromatic carbocycles. The molecular formula is C18H17FN4O. The molecule has 1 atom stereocenters. The summed E-state index contributed by atoms with van der Waals surface area (Å²) in [6, 6.07) is 9.33. The van der Waals surface area contributed by atoms with Crippen molar-refractivity contribution in [3.05, 3.63) is 77.6 Å². The zero-order chi connectivity index (χ0) is 17.1. The van der Waals surface area contributed by atoms with E-state index in [-0.39, 0.29) is 17.8 Å². The molecule has 0 aliphatic heterocycles. The quantitative estimate of drug-likeness (QED) is 0.802. The number of rotatable bonds is 4.